The highest BCUT2D eigenvalue weighted by molar-refractivity contribution is 5.20. The highest BCUT2D eigenvalue weighted by Crippen LogP contribution is 2.29. The van der Waals surface area contributed by atoms with Crippen molar-refractivity contribution in [2.24, 2.45) is 5.41 Å². The SMILES string of the molecule is C=C(C)C/C=C(/C)C(C)(C)/C=C(/O)CC. The minimum Gasteiger partial charge on any atom is -0.513 e. The fourth-order valence-corrected chi connectivity index (χ4v) is 1.22. The van der Waals surface area contributed by atoms with E-state index in [1.807, 2.05) is 19.9 Å². The fraction of sp³-hybridized carbons (Fsp3) is 0.571. The number of aliphatic hydroxyl groups is 1. The van der Waals surface area contributed by atoms with Gasteiger partial charge in [-0.3, -0.25) is 0 Å². The Kier molecular flexibility index (Phi) is 5.41. The predicted octanol–water partition coefficient (Wildman–Crippen LogP) is 4.78. The van der Waals surface area contributed by atoms with E-state index in [2.05, 4.69) is 33.4 Å². The van der Waals surface area contributed by atoms with Gasteiger partial charge in [-0.15, -0.1) is 0 Å². The summed E-state index contributed by atoms with van der Waals surface area (Å²) in [5.41, 5.74) is 2.36. The van der Waals surface area contributed by atoms with Crippen LogP contribution in [-0.2, 0) is 0 Å². The van der Waals surface area contributed by atoms with Gasteiger partial charge in [-0.25, -0.2) is 0 Å². The third-order valence-electron chi connectivity index (χ3n) is 2.66. The molecule has 0 bridgehead atoms. The first kappa shape index (κ1) is 14.0. The smallest absolute Gasteiger partial charge is 0.0888 e. The topological polar surface area (TPSA) is 20.2 Å². The molecule has 0 atom stereocenters. The van der Waals surface area contributed by atoms with E-state index in [9.17, 15) is 5.11 Å². The molecule has 15 heavy (non-hydrogen) atoms. The molecule has 0 aliphatic rings. The Morgan fingerprint density at radius 2 is 1.87 bits per heavy atom. The predicted molar refractivity (Wildman–Crippen MR) is 68.0 cm³/mol. The molecule has 0 spiro atoms. The molecule has 0 fully saturated rings. The summed E-state index contributed by atoms with van der Waals surface area (Å²) in [5.74, 6) is 0.461. The van der Waals surface area contributed by atoms with Gasteiger partial charge in [0.25, 0.3) is 0 Å². The summed E-state index contributed by atoms with van der Waals surface area (Å²) in [7, 11) is 0. The van der Waals surface area contributed by atoms with Crippen molar-refractivity contribution in [1.82, 2.24) is 0 Å². The third-order valence-corrected chi connectivity index (χ3v) is 2.66. The Hall–Kier alpha value is -0.980. The number of rotatable bonds is 5. The van der Waals surface area contributed by atoms with Crippen LogP contribution >= 0.6 is 0 Å². The van der Waals surface area contributed by atoms with Gasteiger partial charge in [-0.2, -0.15) is 0 Å². The number of hydrogen-bond donors (Lipinski definition) is 1. The van der Waals surface area contributed by atoms with E-state index in [1.54, 1.807) is 0 Å². The summed E-state index contributed by atoms with van der Waals surface area (Å²) < 4.78 is 0. The lowest BCUT2D eigenvalue weighted by Gasteiger charge is -2.22. The van der Waals surface area contributed by atoms with Gasteiger partial charge in [0.2, 0.25) is 0 Å². The molecule has 0 aromatic carbocycles. The molecule has 0 unspecified atom stereocenters. The third kappa shape index (κ3) is 5.46. The first-order valence-corrected chi connectivity index (χ1v) is 5.52. The second kappa shape index (κ2) is 5.79. The molecule has 0 amide bonds. The summed E-state index contributed by atoms with van der Waals surface area (Å²) in [6, 6.07) is 0. The van der Waals surface area contributed by atoms with Gasteiger partial charge in [0, 0.05) is 11.8 Å². The second-order valence-electron chi connectivity index (χ2n) is 4.76. The molecule has 0 rings (SSSR count). The monoisotopic (exact) mass is 208 g/mol. The minimum atomic E-state index is -0.0739. The standard InChI is InChI=1S/C14H24O/c1-7-13(15)10-14(5,6)12(4)9-8-11(2)3/h9-10,15H,2,7-8H2,1,3-6H3/b12-9-,13-10+. The second-order valence-corrected chi connectivity index (χ2v) is 4.76. The quantitative estimate of drug-likeness (QED) is 0.509. The summed E-state index contributed by atoms with van der Waals surface area (Å²) in [6.07, 6.45) is 5.71. The van der Waals surface area contributed by atoms with Gasteiger partial charge in [0.1, 0.15) is 0 Å². The fourth-order valence-electron chi connectivity index (χ4n) is 1.22. The normalized spacial score (nSPS) is 14.2. The highest BCUT2D eigenvalue weighted by Gasteiger charge is 2.17. The molecule has 1 heteroatoms. The van der Waals surface area contributed by atoms with Crippen LogP contribution in [0.25, 0.3) is 0 Å². The van der Waals surface area contributed by atoms with Crippen molar-refractivity contribution >= 4 is 0 Å². The lowest BCUT2D eigenvalue weighted by Crippen LogP contribution is -2.10. The largest absolute Gasteiger partial charge is 0.513 e. The molecular weight excluding hydrogens is 184 g/mol. The molecule has 0 radical (unpaired) electrons. The number of hydrogen-bond acceptors (Lipinski definition) is 1. The van der Waals surface area contributed by atoms with Crippen LogP contribution in [0.2, 0.25) is 0 Å². The Bertz CT molecular complexity index is 280. The van der Waals surface area contributed by atoms with Crippen LogP contribution in [0.4, 0.5) is 0 Å². The van der Waals surface area contributed by atoms with Crippen molar-refractivity contribution in [3.63, 3.8) is 0 Å². The maximum atomic E-state index is 9.54. The Morgan fingerprint density at radius 1 is 1.33 bits per heavy atom. The van der Waals surface area contributed by atoms with E-state index in [0.717, 1.165) is 12.0 Å². The average Bonchev–Trinajstić information content (AvgIpc) is 2.13. The first-order chi connectivity index (χ1) is 6.79. The van der Waals surface area contributed by atoms with E-state index in [-0.39, 0.29) is 5.41 Å². The zero-order valence-electron chi connectivity index (χ0n) is 10.7. The van der Waals surface area contributed by atoms with Crippen molar-refractivity contribution < 1.29 is 5.11 Å². The molecule has 0 saturated carbocycles. The van der Waals surface area contributed by atoms with E-state index in [0.29, 0.717) is 12.2 Å². The molecule has 0 aliphatic carbocycles. The molecule has 0 saturated heterocycles. The molecule has 0 aliphatic heterocycles. The van der Waals surface area contributed by atoms with Gasteiger partial charge in [0.05, 0.1) is 5.76 Å². The van der Waals surface area contributed by atoms with E-state index >= 15 is 0 Å². The van der Waals surface area contributed by atoms with E-state index in [1.165, 1.54) is 5.57 Å². The van der Waals surface area contributed by atoms with Crippen LogP contribution in [-0.4, -0.2) is 5.11 Å². The zero-order chi connectivity index (χ0) is 12.1. The summed E-state index contributed by atoms with van der Waals surface area (Å²) in [6.45, 7) is 14.2. The summed E-state index contributed by atoms with van der Waals surface area (Å²) in [5, 5.41) is 9.54. The van der Waals surface area contributed by atoms with Crippen molar-refractivity contribution in [2.75, 3.05) is 0 Å². The molecule has 0 aromatic heterocycles. The summed E-state index contributed by atoms with van der Waals surface area (Å²) in [4.78, 5) is 0. The molecule has 1 N–H and O–H groups in total. The molecule has 86 valence electrons. The zero-order valence-corrected chi connectivity index (χ0v) is 10.7. The summed E-state index contributed by atoms with van der Waals surface area (Å²) >= 11 is 0. The molecule has 1 nitrogen and oxygen atoms in total. The lowest BCUT2D eigenvalue weighted by atomic mass is 9.83. The van der Waals surface area contributed by atoms with E-state index in [4.69, 9.17) is 0 Å². The Labute approximate surface area is 94.2 Å². The Morgan fingerprint density at radius 3 is 2.27 bits per heavy atom. The van der Waals surface area contributed by atoms with Gasteiger partial charge in [0.15, 0.2) is 0 Å². The van der Waals surface area contributed by atoms with Gasteiger partial charge in [-0.05, 0) is 26.3 Å². The van der Waals surface area contributed by atoms with Crippen molar-refractivity contribution in [3.8, 4) is 0 Å². The van der Waals surface area contributed by atoms with Crippen LogP contribution in [0.5, 0.6) is 0 Å². The van der Waals surface area contributed by atoms with Crippen LogP contribution in [0.3, 0.4) is 0 Å². The lowest BCUT2D eigenvalue weighted by molar-refractivity contribution is 0.378. The van der Waals surface area contributed by atoms with Crippen LogP contribution in [0.1, 0.15) is 47.5 Å². The van der Waals surface area contributed by atoms with Gasteiger partial charge < -0.3 is 5.11 Å². The first-order valence-electron chi connectivity index (χ1n) is 5.52. The number of aliphatic hydroxyl groups excluding tert-OH is 1. The van der Waals surface area contributed by atoms with E-state index < -0.39 is 0 Å². The van der Waals surface area contributed by atoms with Gasteiger partial charge in [-0.1, -0.05) is 44.6 Å². The molecular formula is C14H24O. The highest BCUT2D eigenvalue weighted by atomic mass is 16.3. The number of allylic oxidation sites excluding steroid dienone is 5. The van der Waals surface area contributed by atoms with Crippen LogP contribution in [0.15, 0.2) is 35.6 Å². The average molecular weight is 208 g/mol. The molecule has 0 heterocycles. The van der Waals surface area contributed by atoms with Crippen molar-refractivity contribution in [3.05, 3.63) is 35.6 Å². The minimum absolute atomic E-state index is 0.0739. The van der Waals surface area contributed by atoms with Crippen LogP contribution in [0, 0.1) is 5.41 Å². The van der Waals surface area contributed by atoms with Crippen molar-refractivity contribution in [1.29, 1.82) is 0 Å². The molecule has 0 aromatic rings. The van der Waals surface area contributed by atoms with Crippen molar-refractivity contribution in [2.45, 2.75) is 47.5 Å². The van der Waals surface area contributed by atoms with Gasteiger partial charge >= 0.3 is 0 Å². The maximum absolute atomic E-state index is 9.54. The maximum Gasteiger partial charge on any atom is 0.0888 e. The van der Waals surface area contributed by atoms with Crippen LogP contribution < -0.4 is 0 Å². The Balaban J connectivity index is 4.71.